The summed E-state index contributed by atoms with van der Waals surface area (Å²) >= 11 is 0. The lowest BCUT2D eigenvalue weighted by atomic mass is 9.69. The molecule has 2 aliphatic rings. The molecule has 1 fully saturated rings. The van der Waals surface area contributed by atoms with E-state index in [1.807, 2.05) is 65.0 Å². The van der Waals surface area contributed by atoms with Crippen molar-refractivity contribution in [2.45, 2.75) is 45.8 Å². The molecular weight excluding hydrogens is 267 g/mol. The lowest BCUT2D eigenvalue weighted by Gasteiger charge is -2.36. The smallest absolute Gasteiger partial charge is 0.465 e. The zero-order chi connectivity index (χ0) is 15.5. The maximum atomic E-state index is 12.3. The molecule has 0 aromatic heterocycles. The second-order valence-corrected chi connectivity index (χ2v) is 6.73. The fourth-order valence-corrected chi connectivity index (χ4v) is 2.88. The Morgan fingerprint density at radius 3 is 2.00 bits per heavy atom. The molecule has 0 saturated carbocycles. The second-order valence-electron chi connectivity index (χ2n) is 6.73. The van der Waals surface area contributed by atoms with Gasteiger partial charge in [-0.1, -0.05) is 37.3 Å². The van der Waals surface area contributed by atoms with E-state index in [9.17, 15) is 4.79 Å². The van der Waals surface area contributed by atoms with Crippen LogP contribution < -0.4 is 0 Å². The Hall–Kier alpha value is -1.59. The molecule has 1 spiro atoms. The summed E-state index contributed by atoms with van der Waals surface area (Å²) in [6.07, 6.45) is 0. The molecule has 0 amide bonds. The highest BCUT2D eigenvalue weighted by atomic mass is 16.8. The van der Waals surface area contributed by atoms with Crippen LogP contribution in [-0.2, 0) is 18.8 Å². The van der Waals surface area contributed by atoms with Crippen molar-refractivity contribution >= 4 is 18.3 Å². The number of hydrogen-bond donors (Lipinski definition) is 0. The van der Waals surface area contributed by atoms with Gasteiger partial charge in [0.1, 0.15) is 0 Å². The first kappa shape index (κ1) is 14.4. The molecule has 3 rings (SSSR count). The first-order valence-electron chi connectivity index (χ1n) is 7.22. The topological polar surface area (TPSA) is 44.8 Å². The molecular formula is C16H20BO4-. The highest BCUT2D eigenvalue weighted by Gasteiger charge is 2.58. The van der Waals surface area contributed by atoms with Gasteiger partial charge in [0.25, 0.3) is 5.97 Å². The van der Waals surface area contributed by atoms with E-state index < -0.39 is 18.0 Å². The molecule has 0 aliphatic carbocycles. The van der Waals surface area contributed by atoms with Gasteiger partial charge in [-0.25, -0.2) is 0 Å². The molecule has 2 heterocycles. The molecule has 5 heteroatoms. The molecule has 0 unspecified atom stereocenters. The summed E-state index contributed by atoms with van der Waals surface area (Å²) < 4.78 is 17.7. The molecule has 2 aliphatic heterocycles. The van der Waals surface area contributed by atoms with Gasteiger partial charge < -0.3 is 14.0 Å². The number of hydrogen-bond acceptors (Lipinski definition) is 4. The summed E-state index contributed by atoms with van der Waals surface area (Å²) in [4.78, 5) is 12.3. The molecule has 0 atom stereocenters. The Labute approximate surface area is 125 Å². The highest BCUT2D eigenvalue weighted by Crippen LogP contribution is 2.49. The maximum absolute atomic E-state index is 12.3. The first-order chi connectivity index (χ1) is 9.69. The van der Waals surface area contributed by atoms with Crippen molar-refractivity contribution in [3.8, 4) is 0 Å². The van der Waals surface area contributed by atoms with E-state index in [1.165, 1.54) is 0 Å². The van der Waals surface area contributed by atoms with Gasteiger partial charge in [-0.05, 0) is 33.3 Å². The van der Waals surface area contributed by atoms with E-state index in [1.54, 1.807) is 0 Å². The summed E-state index contributed by atoms with van der Waals surface area (Å²) in [5.41, 5.74) is 1.02. The van der Waals surface area contributed by atoms with E-state index in [0.29, 0.717) is 5.57 Å². The molecule has 0 N–H and O–H groups in total. The summed E-state index contributed by atoms with van der Waals surface area (Å²) in [6, 6.07) is 9.48. The van der Waals surface area contributed by atoms with Crippen LogP contribution in [0.2, 0.25) is 0 Å². The molecule has 4 nitrogen and oxygen atoms in total. The predicted molar refractivity (Wildman–Crippen MR) is 81.2 cm³/mol. The molecule has 1 aromatic carbocycles. The Bertz CT molecular complexity index is 615. The minimum absolute atomic E-state index is 0.382. The Morgan fingerprint density at radius 1 is 0.952 bits per heavy atom. The van der Waals surface area contributed by atoms with Crippen LogP contribution in [-0.4, -0.2) is 23.9 Å². The fraction of sp³-hybridized carbons (Fsp3) is 0.438. The van der Waals surface area contributed by atoms with E-state index >= 15 is 0 Å². The van der Waals surface area contributed by atoms with E-state index in [-0.39, 0.29) is 5.97 Å². The number of benzene rings is 1. The highest BCUT2D eigenvalue weighted by molar-refractivity contribution is 6.76. The normalized spacial score (nSPS) is 25.5. The van der Waals surface area contributed by atoms with Crippen LogP contribution in [0.25, 0.3) is 5.57 Å². The summed E-state index contributed by atoms with van der Waals surface area (Å²) in [5, 5.41) is 0. The quantitative estimate of drug-likeness (QED) is 0.744. The van der Waals surface area contributed by atoms with Crippen molar-refractivity contribution in [1.82, 2.24) is 0 Å². The van der Waals surface area contributed by atoms with Crippen LogP contribution in [0.15, 0.2) is 35.8 Å². The van der Waals surface area contributed by atoms with Crippen LogP contribution in [0, 0.1) is 0 Å². The lowest BCUT2D eigenvalue weighted by Crippen LogP contribution is -2.42. The average Bonchev–Trinajstić information content (AvgIpc) is 2.70. The van der Waals surface area contributed by atoms with Gasteiger partial charge in [0.2, 0.25) is 0 Å². The molecule has 1 aromatic rings. The molecule has 0 bridgehead atoms. The van der Waals surface area contributed by atoms with Gasteiger partial charge >= 0.3 is 6.75 Å². The van der Waals surface area contributed by atoms with Crippen LogP contribution in [0.1, 0.15) is 40.2 Å². The third-order valence-electron chi connectivity index (χ3n) is 4.80. The van der Waals surface area contributed by atoms with Gasteiger partial charge in [-0.2, -0.15) is 0 Å². The molecule has 1 saturated heterocycles. The predicted octanol–water partition coefficient (Wildman–Crippen LogP) is 3.10. The molecule has 0 radical (unpaired) electrons. The van der Waals surface area contributed by atoms with Crippen LogP contribution in [0.4, 0.5) is 0 Å². The molecule has 21 heavy (non-hydrogen) atoms. The number of allylic oxidation sites excluding steroid dienone is 1. The van der Waals surface area contributed by atoms with Crippen LogP contribution in [0.3, 0.4) is 0 Å². The standard InChI is InChI=1S/C16H20BO4/c1-11-13(12-9-7-6-8-10-12)14(18)19-17(11)20-15(2,3)16(4,5)21-17/h6-10H,1-5H3/q-1. The second kappa shape index (κ2) is 4.21. The van der Waals surface area contributed by atoms with Crippen molar-refractivity contribution in [2.24, 2.45) is 0 Å². The zero-order valence-electron chi connectivity index (χ0n) is 13.1. The average molecular weight is 287 g/mol. The van der Waals surface area contributed by atoms with E-state index in [0.717, 1.165) is 11.0 Å². The number of carbonyl (C=O) groups is 1. The third-order valence-corrected chi connectivity index (χ3v) is 4.80. The Morgan fingerprint density at radius 2 is 1.48 bits per heavy atom. The van der Waals surface area contributed by atoms with Gasteiger partial charge in [-0.3, -0.25) is 4.79 Å². The third kappa shape index (κ3) is 1.95. The monoisotopic (exact) mass is 287 g/mol. The zero-order valence-corrected chi connectivity index (χ0v) is 13.1. The van der Waals surface area contributed by atoms with Crippen molar-refractivity contribution in [3.05, 3.63) is 41.4 Å². The van der Waals surface area contributed by atoms with Gasteiger partial charge in [0.05, 0.1) is 0 Å². The SMILES string of the molecule is CC1=C(c2ccccc2)C(=O)O[B-]12OC(C)(C)C(C)(C)O2. The fourth-order valence-electron chi connectivity index (χ4n) is 2.88. The van der Waals surface area contributed by atoms with Crippen molar-refractivity contribution < 1.29 is 18.8 Å². The first-order valence-corrected chi connectivity index (χ1v) is 7.22. The van der Waals surface area contributed by atoms with E-state index in [2.05, 4.69) is 0 Å². The minimum Gasteiger partial charge on any atom is -0.636 e. The maximum Gasteiger partial charge on any atom is 0.465 e. The van der Waals surface area contributed by atoms with Gasteiger partial charge in [-0.15, -0.1) is 5.47 Å². The van der Waals surface area contributed by atoms with Gasteiger partial charge in [0, 0.05) is 16.8 Å². The van der Waals surface area contributed by atoms with Crippen molar-refractivity contribution in [2.75, 3.05) is 0 Å². The van der Waals surface area contributed by atoms with Crippen molar-refractivity contribution in [3.63, 3.8) is 0 Å². The minimum atomic E-state index is -2.18. The Kier molecular flexibility index (Phi) is 2.88. The van der Waals surface area contributed by atoms with Crippen LogP contribution >= 0.6 is 0 Å². The summed E-state index contributed by atoms with van der Waals surface area (Å²) in [6.45, 7) is 7.47. The van der Waals surface area contributed by atoms with Gasteiger partial charge in [0.15, 0.2) is 0 Å². The number of rotatable bonds is 1. The summed E-state index contributed by atoms with van der Waals surface area (Å²) in [7, 11) is 0. The Balaban J connectivity index is 2.09. The largest absolute Gasteiger partial charge is 0.636 e. The van der Waals surface area contributed by atoms with Crippen molar-refractivity contribution in [1.29, 1.82) is 0 Å². The summed E-state index contributed by atoms with van der Waals surface area (Å²) in [5.74, 6) is -0.382. The lowest BCUT2D eigenvalue weighted by molar-refractivity contribution is -0.130. The number of carbonyl (C=O) groups excluding carboxylic acids is 1. The van der Waals surface area contributed by atoms with Crippen LogP contribution in [0.5, 0.6) is 0 Å². The molecule has 112 valence electrons. The van der Waals surface area contributed by atoms with E-state index in [4.69, 9.17) is 14.0 Å².